The Morgan fingerprint density at radius 1 is 1.50 bits per heavy atom. The smallest absolute Gasteiger partial charge is 0.126 e. The molecule has 1 aromatic rings. The van der Waals surface area contributed by atoms with Crippen LogP contribution in [0.25, 0.3) is 0 Å². The van der Waals surface area contributed by atoms with Crippen molar-refractivity contribution in [2.75, 3.05) is 19.0 Å². The van der Waals surface area contributed by atoms with Crippen molar-refractivity contribution in [3.8, 4) is 6.07 Å². The van der Waals surface area contributed by atoms with E-state index in [0.29, 0.717) is 17.9 Å². The van der Waals surface area contributed by atoms with E-state index in [2.05, 4.69) is 5.32 Å². The second-order valence-corrected chi connectivity index (χ2v) is 3.55. The van der Waals surface area contributed by atoms with Crippen molar-refractivity contribution in [1.29, 1.82) is 5.26 Å². The van der Waals surface area contributed by atoms with Crippen LogP contribution < -0.4 is 5.32 Å². The van der Waals surface area contributed by atoms with Crippen LogP contribution in [0, 0.1) is 17.1 Å². The lowest BCUT2D eigenvalue weighted by molar-refractivity contribution is 0.184. The first-order chi connectivity index (χ1) is 7.69. The van der Waals surface area contributed by atoms with E-state index in [1.54, 1.807) is 13.2 Å². The molecular formula is C12H15FN2O. The molecule has 86 valence electrons. The summed E-state index contributed by atoms with van der Waals surface area (Å²) in [5.41, 5.74) is 0.926. The third-order valence-corrected chi connectivity index (χ3v) is 2.26. The number of hydrogen-bond acceptors (Lipinski definition) is 3. The highest BCUT2D eigenvalue weighted by atomic mass is 19.1. The summed E-state index contributed by atoms with van der Waals surface area (Å²) in [5.74, 6) is -0.409. The summed E-state index contributed by atoms with van der Waals surface area (Å²) >= 11 is 0. The quantitative estimate of drug-likeness (QED) is 0.832. The molecule has 0 aliphatic heterocycles. The Bertz CT molecular complexity index is 387. The van der Waals surface area contributed by atoms with Gasteiger partial charge in [0.15, 0.2) is 0 Å². The number of benzene rings is 1. The van der Waals surface area contributed by atoms with Crippen molar-refractivity contribution >= 4 is 5.69 Å². The summed E-state index contributed by atoms with van der Waals surface area (Å²) in [6.45, 7) is 2.57. The van der Waals surface area contributed by atoms with Crippen LogP contribution in [0.1, 0.15) is 18.9 Å². The topological polar surface area (TPSA) is 45.0 Å². The molecule has 0 bridgehead atoms. The maximum absolute atomic E-state index is 13.1. The van der Waals surface area contributed by atoms with E-state index in [1.165, 1.54) is 12.1 Å². The molecule has 1 aromatic carbocycles. The van der Waals surface area contributed by atoms with Crippen molar-refractivity contribution in [2.24, 2.45) is 0 Å². The zero-order chi connectivity index (χ0) is 12.0. The Kier molecular flexibility index (Phi) is 4.74. The van der Waals surface area contributed by atoms with Gasteiger partial charge < -0.3 is 10.1 Å². The number of hydrogen-bond donors (Lipinski definition) is 1. The van der Waals surface area contributed by atoms with E-state index in [4.69, 9.17) is 10.00 Å². The van der Waals surface area contributed by atoms with Crippen molar-refractivity contribution in [1.82, 2.24) is 0 Å². The number of nitrogens with zero attached hydrogens (tertiary/aromatic N) is 1. The van der Waals surface area contributed by atoms with Crippen molar-refractivity contribution in [2.45, 2.75) is 19.4 Å². The SMILES string of the molecule is CCC(COC)Nc1cc(F)cc(C#N)c1. The molecule has 0 radical (unpaired) electrons. The second kappa shape index (κ2) is 6.09. The lowest BCUT2D eigenvalue weighted by Crippen LogP contribution is -2.23. The summed E-state index contributed by atoms with van der Waals surface area (Å²) in [4.78, 5) is 0. The van der Waals surface area contributed by atoms with E-state index in [9.17, 15) is 4.39 Å². The zero-order valence-corrected chi connectivity index (χ0v) is 9.46. The number of nitriles is 1. The van der Waals surface area contributed by atoms with E-state index in [0.717, 1.165) is 6.42 Å². The summed E-state index contributed by atoms with van der Waals surface area (Å²) in [7, 11) is 1.62. The standard InChI is InChI=1S/C12H15FN2O/c1-3-11(8-16-2)15-12-5-9(7-14)4-10(13)6-12/h4-6,11,15H,3,8H2,1-2H3. The number of ether oxygens (including phenoxy) is 1. The van der Waals surface area contributed by atoms with Gasteiger partial charge in [0.1, 0.15) is 5.82 Å². The number of nitrogens with one attached hydrogen (secondary N) is 1. The molecule has 1 atom stereocenters. The summed E-state index contributed by atoms with van der Waals surface area (Å²) < 4.78 is 18.2. The molecule has 1 unspecified atom stereocenters. The van der Waals surface area contributed by atoms with E-state index >= 15 is 0 Å². The van der Waals surface area contributed by atoms with Crippen LogP contribution in [-0.2, 0) is 4.74 Å². The highest BCUT2D eigenvalue weighted by Gasteiger charge is 2.07. The highest BCUT2D eigenvalue weighted by molar-refractivity contribution is 5.50. The molecule has 0 heterocycles. The van der Waals surface area contributed by atoms with E-state index in [1.807, 2.05) is 13.0 Å². The van der Waals surface area contributed by atoms with Gasteiger partial charge in [0.05, 0.1) is 18.2 Å². The molecule has 0 aliphatic rings. The molecule has 0 amide bonds. The van der Waals surface area contributed by atoms with E-state index < -0.39 is 5.82 Å². The molecular weight excluding hydrogens is 207 g/mol. The highest BCUT2D eigenvalue weighted by Crippen LogP contribution is 2.15. The molecule has 1 rings (SSSR count). The van der Waals surface area contributed by atoms with Crippen molar-refractivity contribution < 1.29 is 9.13 Å². The minimum atomic E-state index is -0.409. The maximum atomic E-state index is 13.1. The van der Waals surface area contributed by atoms with Crippen molar-refractivity contribution in [3.63, 3.8) is 0 Å². The van der Waals surface area contributed by atoms with Gasteiger partial charge in [-0.05, 0) is 24.6 Å². The zero-order valence-electron chi connectivity index (χ0n) is 9.46. The number of rotatable bonds is 5. The predicted molar refractivity (Wildman–Crippen MR) is 60.7 cm³/mol. The lowest BCUT2D eigenvalue weighted by Gasteiger charge is -2.17. The normalized spacial score (nSPS) is 11.9. The summed E-state index contributed by atoms with van der Waals surface area (Å²) in [6, 6.07) is 6.25. The van der Waals surface area contributed by atoms with Crippen LogP contribution in [-0.4, -0.2) is 19.8 Å². The summed E-state index contributed by atoms with van der Waals surface area (Å²) in [5, 5.41) is 11.8. The summed E-state index contributed by atoms with van der Waals surface area (Å²) in [6.07, 6.45) is 0.867. The number of halogens is 1. The first-order valence-electron chi connectivity index (χ1n) is 5.15. The minimum Gasteiger partial charge on any atom is -0.383 e. The molecule has 0 saturated heterocycles. The van der Waals surface area contributed by atoms with Crippen molar-refractivity contribution in [3.05, 3.63) is 29.6 Å². The maximum Gasteiger partial charge on any atom is 0.126 e. The van der Waals surface area contributed by atoms with Gasteiger partial charge in [0.2, 0.25) is 0 Å². The van der Waals surface area contributed by atoms with Crippen LogP contribution in [0.5, 0.6) is 0 Å². The average molecular weight is 222 g/mol. The van der Waals surface area contributed by atoms with Gasteiger partial charge in [-0.25, -0.2) is 4.39 Å². The molecule has 1 N–H and O–H groups in total. The second-order valence-electron chi connectivity index (χ2n) is 3.55. The van der Waals surface area contributed by atoms with Gasteiger partial charge in [-0.2, -0.15) is 5.26 Å². The Morgan fingerprint density at radius 3 is 2.81 bits per heavy atom. The van der Waals surface area contributed by atoms with Gasteiger partial charge in [-0.15, -0.1) is 0 Å². The Hall–Kier alpha value is -1.60. The first kappa shape index (κ1) is 12.5. The number of anilines is 1. The van der Waals surface area contributed by atoms with Gasteiger partial charge in [0.25, 0.3) is 0 Å². The number of methoxy groups -OCH3 is 1. The monoisotopic (exact) mass is 222 g/mol. The van der Waals surface area contributed by atoms with Crippen LogP contribution in [0.3, 0.4) is 0 Å². The van der Waals surface area contributed by atoms with Crippen LogP contribution in [0.15, 0.2) is 18.2 Å². The fraction of sp³-hybridized carbons (Fsp3) is 0.417. The molecule has 0 saturated carbocycles. The third kappa shape index (κ3) is 3.52. The fourth-order valence-corrected chi connectivity index (χ4v) is 1.44. The van der Waals surface area contributed by atoms with Gasteiger partial charge in [0, 0.05) is 18.8 Å². The van der Waals surface area contributed by atoms with Gasteiger partial charge in [-0.3, -0.25) is 0 Å². The first-order valence-corrected chi connectivity index (χ1v) is 5.15. The fourth-order valence-electron chi connectivity index (χ4n) is 1.44. The molecule has 4 heteroatoms. The largest absolute Gasteiger partial charge is 0.383 e. The lowest BCUT2D eigenvalue weighted by atomic mass is 10.1. The molecule has 0 spiro atoms. The minimum absolute atomic E-state index is 0.123. The van der Waals surface area contributed by atoms with Crippen LogP contribution >= 0.6 is 0 Å². The Morgan fingerprint density at radius 2 is 2.25 bits per heavy atom. The Labute approximate surface area is 94.8 Å². The predicted octanol–water partition coefficient (Wildman–Crippen LogP) is 2.53. The molecule has 3 nitrogen and oxygen atoms in total. The van der Waals surface area contributed by atoms with Gasteiger partial charge in [-0.1, -0.05) is 6.92 Å². The van der Waals surface area contributed by atoms with Crippen LogP contribution in [0.2, 0.25) is 0 Å². The third-order valence-electron chi connectivity index (χ3n) is 2.26. The molecule has 16 heavy (non-hydrogen) atoms. The van der Waals surface area contributed by atoms with E-state index in [-0.39, 0.29) is 6.04 Å². The van der Waals surface area contributed by atoms with Crippen LogP contribution in [0.4, 0.5) is 10.1 Å². The average Bonchev–Trinajstić information content (AvgIpc) is 2.27. The Balaban J connectivity index is 2.80. The molecule has 0 fully saturated rings. The van der Waals surface area contributed by atoms with Gasteiger partial charge >= 0.3 is 0 Å². The molecule has 0 aromatic heterocycles. The molecule has 0 aliphatic carbocycles.